The van der Waals surface area contributed by atoms with E-state index in [0.717, 1.165) is 19.6 Å². The van der Waals surface area contributed by atoms with Crippen LogP contribution >= 0.6 is 0 Å². The normalized spacial score (nSPS) is 25.7. The Hall–Kier alpha value is -0.590. The molecular formula is C9H17N3. The van der Waals surface area contributed by atoms with Crippen LogP contribution in [0.2, 0.25) is 0 Å². The lowest BCUT2D eigenvalue weighted by molar-refractivity contribution is 0.126. The van der Waals surface area contributed by atoms with Gasteiger partial charge in [-0.25, -0.2) is 0 Å². The molecule has 1 N–H and O–H groups in total. The Balaban J connectivity index is 2.49. The van der Waals surface area contributed by atoms with Crippen molar-refractivity contribution < 1.29 is 0 Å². The Morgan fingerprint density at radius 1 is 1.67 bits per heavy atom. The van der Waals surface area contributed by atoms with Crippen LogP contribution in [-0.4, -0.2) is 36.6 Å². The quantitative estimate of drug-likeness (QED) is 0.654. The van der Waals surface area contributed by atoms with Crippen LogP contribution in [0.1, 0.15) is 20.3 Å². The van der Waals surface area contributed by atoms with E-state index in [4.69, 9.17) is 5.26 Å². The molecule has 0 amide bonds. The summed E-state index contributed by atoms with van der Waals surface area (Å²) < 4.78 is 0. The molecule has 0 radical (unpaired) electrons. The first-order valence-corrected chi connectivity index (χ1v) is 4.59. The van der Waals surface area contributed by atoms with E-state index in [9.17, 15) is 0 Å². The van der Waals surface area contributed by atoms with E-state index >= 15 is 0 Å². The van der Waals surface area contributed by atoms with E-state index in [1.165, 1.54) is 0 Å². The van der Waals surface area contributed by atoms with Crippen molar-refractivity contribution in [2.24, 2.45) is 0 Å². The van der Waals surface area contributed by atoms with Gasteiger partial charge in [-0.15, -0.1) is 0 Å². The number of nitriles is 1. The molecule has 1 heterocycles. The van der Waals surface area contributed by atoms with E-state index in [2.05, 4.69) is 30.1 Å². The zero-order valence-corrected chi connectivity index (χ0v) is 7.88. The molecule has 12 heavy (non-hydrogen) atoms. The first-order valence-electron chi connectivity index (χ1n) is 4.59. The molecule has 1 rings (SSSR count). The van der Waals surface area contributed by atoms with Crippen LogP contribution in [0.25, 0.3) is 0 Å². The first kappa shape index (κ1) is 9.50. The predicted molar refractivity (Wildman–Crippen MR) is 48.7 cm³/mol. The van der Waals surface area contributed by atoms with Crippen molar-refractivity contribution in [2.45, 2.75) is 32.4 Å². The highest BCUT2D eigenvalue weighted by molar-refractivity contribution is 4.88. The Morgan fingerprint density at radius 3 is 3.00 bits per heavy atom. The molecule has 1 saturated heterocycles. The summed E-state index contributed by atoms with van der Waals surface area (Å²) in [5.41, 5.74) is 0. The van der Waals surface area contributed by atoms with Gasteiger partial charge in [0.1, 0.15) is 0 Å². The van der Waals surface area contributed by atoms with E-state index in [-0.39, 0.29) is 0 Å². The second-order valence-electron chi connectivity index (χ2n) is 3.55. The van der Waals surface area contributed by atoms with Gasteiger partial charge in [-0.1, -0.05) is 0 Å². The monoisotopic (exact) mass is 167 g/mol. The Morgan fingerprint density at radius 2 is 2.42 bits per heavy atom. The predicted octanol–water partition coefficient (Wildman–Crippen LogP) is 0.582. The SMILES string of the molecule is CC(C)N1CCNCC1CC#N. The molecule has 0 aromatic heterocycles. The van der Waals surface area contributed by atoms with Crippen molar-refractivity contribution in [1.29, 1.82) is 5.26 Å². The van der Waals surface area contributed by atoms with Crippen LogP contribution in [0.3, 0.4) is 0 Å². The maximum atomic E-state index is 8.61. The largest absolute Gasteiger partial charge is 0.314 e. The molecule has 1 fully saturated rings. The molecule has 1 atom stereocenters. The second kappa shape index (κ2) is 4.44. The number of piperazine rings is 1. The fourth-order valence-corrected chi connectivity index (χ4v) is 1.75. The molecule has 0 saturated carbocycles. The summed E-state index contributed by atoms with van der Waals surface area (Å²) in [4.78, 5) is 2.40. The van der Waals surface area contributed by atoms with E-state index in [1.807, 2.05) is 0 Å². The molecule has 0 aromatic rings. The molecule has 0 aromatic carbocycles. The third-order valence-electron chi connectivity index (χ3n) is 2.39. The highest BCUT2D eigenvalue weighted by Gasteiger charge is 2.23. The Kier molecular flexibility index (Phi) is 3.51. The number of hydrogen-bond donors (Lipinski definition) is 1. The summed E-state index contributed by atoms with van der Waals surface area (Å²) in [6, 6.07) is 3.22. The van der Waals surface area contributed by atoms with Crippen LogP contribution in [0.4, 0.5) is 0 Å². The highest BCUT2D eigenvalue weighted by Crippen LogP contribution is 2.10. The lowest BCUT2D eigenvalue weighted by Gasteiger charge is -2.37. The lowest BCUT2D eigenvalue weighted by Crippen LogP contribution is -2.53. The van der Waals surface area contributed by atoms with Crippen molar-refractivity contribution in [1.82, 2.24) is 10.2 Å². The van der Waals surface area contributed by atoms with Crippen molar-refractivity contribution in [3.63, 3.8) is 0 Å². The summed E-state index contributed by atoms with van der Waals surface area (Å²) in [7, 11) is 0. The number of nitrogens with zero attached hydrogens (tertiary/aromatic N) is 2. The van der Waals surface area contributed by atoms with Crippen LogP contribution in [0.5, 0.6) is 0 Å². The standard InChI is InChI=1S/C9H17N3/c1-8(2)12-6-5-11-7-9(12)3-4-10/h8-9,11H,3,5-7H2,1-2H3. The van der Waals surface area contributed by atoms with Crippen molar-refractivity contribution in [2.75, 3.05) is 19.6 Å². The van der Waals surface area contributed by atoms with E-state index in [0.29, 0.717) is 18.5 Å². The van der Waals surface area contributed by atoms with Gasteiger partial charge in [-0.3, -0.25) is 4.90 Å². The molecular weight excluding hydrogens is 150 g/mol. The van der Waals surface area contributed by atoms with Gasteiger partial charge in [-0.05, 0) is 13.8 Å². The maximum Gasteiger partial charge on any atom is 0.0638 e. The van der Waals surface area contributed by atoms with Crippen molar-refractivity contribution >= 4 is 0 Å². The third-order valence-corrected chi connectivity index (χ3v) is 2.39. The molecule has 68 valence electrons. The summed E-state index contributed by atoms with van der Waals surface area (Å²) in [6.45, 7) is 7.47. The van der Waals surface area contributed by atoms with E-state index < -0.39 is 0 Å². The molecule has 1 unspecified atom stereocenters. The van der Waals surface area contributed by atoms with Gasteiger partial charge < -0.3 is 5.32 Å². The number of nitrogens with one attached hydrogen (secondary N) is 1. The van der Waals surface area contributed by atoms with Gasteiger partial charge in [0.2, 0.25) is 0 Å². The Bertz CT molecular complexity index is 171. The molecule has 0 spiro atoms. The molecule has 0 aliphatic carbocycles. The minimum atomic E-state index is 0.420. The molecule has 1 aliphatic rings. The van der Waals surface area contributed by atoms with Gasteiger partial charge in [0.15, 0.2) is 0 Å². The zero-order chi connectivity index (χ0) is 8.97. The molecule has 3 nitrogen and oxygen atoms in total. The number of rotatable bonds is 2. The number of hydrogen-bond acceptors (Lipinski definition) is 3. The van der Waals surface area contributed by atoms with Crippen LogP contribution in [-0.2, 0) is 0 Å². The molecule has 3 heteroatoms. The fraction of sp³-hybridized carbons (Fsp3) is 0.889. The molecule has 1 aliphatic heterocycles. The van der Waals surface area contributed by atoms with Gasteiger partial charge in [0.05, 0.1) is 12.5 Å². The summed E-state index contributed by atoms with van der Waals surface area (Å²) in [6.07, 6.45) is 0.644. The van der Waals surface area contributed by atoms with E-state index in [1.54, 1.807) is 0 Å². The minimum Gasteiger partial charge on any atom is -0.314 e. The maximum absolute atomic E-state index is 8.61. The zero-order valence-electron chi connectivity index (χ0n) is 7.88. The minimum absolute atomic E-state index is 0.420. The first-order chi connectivity index (χ1) is 5.75. The molecule has 0 bridgehead atoms. The van der Waals surface area contributed by atoms with Crippen LogP contribution < -0.4 is 5.32 Å². The van der Waals surface area contributed by atoms with Crippen LogP contribution in [0, 0.1) is 11.3 Å². The van der Waals surface area contributed by atoms with Crippen LogP contribution in [0.15, 0.2) is 0 Å². The summed E-state index contributed by atoms with van der Waals surface area (Å²) >= 11 is 0. The van der Waals surface area contributed by atoms with Gasteiger partial charge in [-0.2, -0.15) is 5.26 Å². The summed E-state index contributed by atoms with van der Waals surface area (Å²) in [5.74, 6) is 0. The van der Waals surface area contributed by atoms with Crippen molar-refractivity contribution in [3.05, 3.63) is 0 Å². The van der Waals surface area contributed by atoms with Gasteiger partial charge >= 0.3 is 0 Å². The van der Waals surface area contributed by atoms with Crippen molar-refractivity contribution in [3.8, 4) is 6.07 Å². The Labute approximate surface area is 74.4 Å². The lowest BCUT2D eigenvalue weighted by atomic mass is 10.1. The average molecular weight is 167 g/mol. The van der Waals surface area contributed by atoms with Gasteiger partial charge in [0, 0.05) is 31.7 Å². The fourth-order valence-electron chi connectivity index (χ4n) is 1.75. The smallest absolute Gasteiger partial charge is 0.0638 e. The summed E-state index contributed by atoms with van der Waals surface area (Å²) in [5, 5.41) is 11.9. The highest BCUT2D eigenvalue weighted by atomic mass is 15.2. The topological polar surface area (TPSA) is 39.1 Å². The third kappa shape index (κ3) is 2.20. The average Bonchev–Trinajstić information content (AvgIpc) is 2.05. The van der Waals surface area contributed by atoms with Gasteiger partial charge in [0.25, 0.3) is 0 Å². The second-order valence-corrected chi connectivity index (χ2v) is 3.55.